The predicted molar refractivity (Wildman–Crippen MR) is 121 cm³/mol. The molecule has 7 heteroatoms. The number of carbonyl (C=O) groups excluding carboxylic acids is 2. The Balaban J connectivity index is 1.89. The molecule has 0 saturated heterocycles. The van der Waals surface area contributed by atoms with Crippen molar-refractivity contribution in [2.75, 3.05) is 33.7 Å². The lowest BCUT2D eigenvalue weighted by atomic mass is 10.1. The highest BCUT2D eigenvalue weighted by Crippen LogP contribution is 2.07. The highest BCUT2D eigenvalue weighted by atomic mass is 16.2. The lowest BCUT2D eigenvalue weighted by molar-refractivity contribution is 0.0955. The van der Waals surface area contributed by atoms with Gasteiger partial charge in [-0.05, 0) is 55.2 Å². The summed E-state index contributed by atoms with van der Waals surface area (Å²) >= 11 is 0. The SMILES string of the molecule is CCNC(=NCCc1cccc(C(=O)NC)c1)NCCc1cccc(C(=O)NC)c1. The molecule has 0 aromatic heterocycles. The number of amides is 2. The maximum atomic E-state index is 11.8. The van der Waals surface area contributed by atoms with Gasteiger partial charge in [0.15, 0.2) is 5.96 Å². The van der Waals surface area contributed by atoms with E-state index in [9.17, 15) is 9.59 Å². The van der Waals surface area contributed by atoms with Crippen molar-refractivity contribution in [2.24, 2.45) is 4.99 Å². The van der Waals surface area contributed by atoms with E-state index in [2.05, 4.69) is 26.3 Å². The van der Waals surface area contributed by atoms with Gasteiger partial charge in [-0.2, -0.15) is 0 Å². The van der Waals surface area contributed by atoms with Gasteiger partial charge in [-0.15, -0.1) is 0 Å². The third kappa shape index (κ3) is 7.24. The Morgan fingerprint density at radius 3 is 1.93 bits per heavy atom. The van der Waals surface area contributed by atoms with Crippen LogP contribution in [0.15, 0.2) is 53.5 Å². The highest BCUT2D eigenvalue weighted by Gasteiger charge is 2.05. The normalized spacial score (nSPS) is 11.0. The number of rotatable bonds is 9. The quantitative estimate of drug-likeness (QED) is 0.375. The van der Waals surface area contributed by atoms with Crippen molar-refractivity contribution in [3.63, 3.8) is 0 Å². The van der Waals surface area contributed by atoms with Crippen LogP contribution < -0.4 is 21.3 Å². The van der Waals surface area contributed by atoms with Gasteiger partial charge in [0.05, 0.1) is 0 Å². The number of benzene rings is 2. The number of hydrogen-bond acceptors (Lipinski definition) is 3. The largest absolute Gasteiger partial charge is 0.357 e. The molecule has 30 heavy (non-hydrogen) atoms. The minimum Gasteiger partial charge on any atom is -0.357 e. The second kappa shape index (κ2) is 12.3. The number of nitrogens with zero attached hydrogens (tertiary/aromatic N) is 1. The van der Waals surface area contributed by atoms with Crippen molar-refractivity contribution in [1.29, 1.82) is 0 Å². The van der Waals surface area contributed by atoms with Crippen LogP contribution in [0.5, 0.6) is 0 Å². The number of guanidine groups is 1. The van der Waals surface area contributed by atoms with E-state index in [0.29, 0.717) is 24.2 Å². The summed E-state index contributed by atoms with van der Waals surface area (Å²) in [6.07, 6.45) is 1.53. The molecule has 0 heterocycles. The second-order valence-electron chi connectivity index (χ2n) is 6.75. The van der Waals surface area contributed by atoms with Crippen molar-refractivity contribution in [1.82, 2.24) is 21.3 Å². The van der Waals surface area contributed by atoms with Crippen LogP contribution in [0.2, 0.25) is 0 Å². The van der Waals surface area contributed by atoms with Crippen molar-refractivity contribution >= 4 is 17.8 Å². The van der Waals surface area contributed by atoms with Crippen LogP contribution in [0.4, 0.5) is 0 Å². The Bertz CT molecular complexity index is 879. The summed E-state index contributed by atoms with van der Waals surface area (Å²) < 4.78 is 0. The summed E-state index contributed by atoms with van der Waals surface area (Å²) in [6, 6.07) is 15.2. The first-order valence-electron chi connectivity index (χ1n) is 10.2. The maximum absolute atomic E-state index is 11.8. The zero-order chi connectivity index (χ0) is 21.8. The zero-order valence-corrected chi connectivity index (χ0v) is 17.9. The Kier molecular flexibility index (Phi) is 9.37. The molecule has 160 valence electrons. The van der Waals surface area contributed by atoms with Crippen LogP contribution in [0.3, 0.4) is 0 Å². The first-order chi connectivity index (χ1) is 14.6. The molecular weight excluding hydrogens is 378 g/mol. The molecule has 0 saturated carbocycles. The Morgan fingerprint density at radius 2 is 1.40 bits per heavy atom. The molecule has 2 aromatic rings. The van der Waals surface area contributed by atoms with Gasteiger partial charge < -0.3 is 21.3 Å². The fourth-order valence-corrected chi connectivity index (χ4v) is 2.99. The summed E-state index contributed by atoms with van der Waals surface area (Å²) in [4.78, 5) is 28.2. The monoisotopic (exact) mass is 409 g/mol. The van der Waals surface area contributed by atoms with Gasteiger partial charge in [-0.3, -0.25) is 14.6 Å². The van der Waals surface area contributed by atoms with E-state index in [1.807, 2.05) is 43.3 Å². The van der Waals surface area contributed by atoms with Gasteiger partial charge >= 0.3 is 0 Å². The van der Waals surface area contributed by atoms with Crippen molar-refractivity contribution < 1.29 is 9.59 Å². The zero-order valence-electron chi connectivity index (χ0n) is 17.9. The third-order valence-corrected chi connectivity index (χ3v) is 4.55. The fourth-order valence-electron chi connectivity index (χ4n) is 2.99. The summed E-state index contributed by atoms with van der Waals surface area (Å²) in [6.45, 7) is 4.11. The molecule has 2 aromatic carbocycles. The number of hydrogen-bond donors (Lipinski definition) is 4. The average Bonchev–Trinajstić information content (AvgIpc) is 2.78. The number of carbonyl (C=O) groups is 2. The second-order valence-corrected chi connectivity index (χ2v) is 6.75. The topological polar surface area (TPSA) is 94.6 Å². The molecule has 4 N–H and O–H groups in total. The molecule has 7 nitrogen and oxygen atoms in total. The van der Waals surface area contributed by atoms with Crippen LogP contribution in [-0.2, 0) is 12.8 Å². The minimum absolute atomic E-state index is 0.0832. The first-order valence-corrected chi connectivity index (χ1v) is 10.2. The lowest BCUT2D eigenvalue weighted by Gasteiger charge is -2.12. The van der Waals surface area contributed by atoms with Crippen molar-refractivity contribution in [3.05, 3.63) is 70.8 Å². The highest BCUT2D eigenvalue weighted by molar-refractivity contribution is 5.94. The van der Waals surface area contributed by atoms with Crippen LogP contribution >= 0.6 is 0 Å². The van der Waals surface area contributed by atoms with Gasteiger partial charge in [0.25, 0.3) is 11.8 Å². The third-order valence-electron chi connectivity index (χ3n) is 4.55. The molecule has 0 atom stereocenters. The standard InChI is InChI=1S/C23H31N5O2/c1-4-26-23(27-13-11-17-7-5-9-19(15-17)21(29)24-2)28-14-12-18-8-6-10-20(16-18)22(30)25-3/h5-10,15-16H,4,11-14H2,1-3H3,(H,24,29)(H,25,30)(H2,26,27,28). The van der Waals surface area contributed by atoms with Crippen LogP contribution in [-0.4, -0.2) is 51.5 Å². The van der Waals surface area contributed by atoms with E-state index < -0.39 is 0 Å². The maximum Gasteiger partial charge on any atom is 0.251 e. The van der Waals surface area contributed by atoms with E-state index in [-0.39, 0.29) is 11.8 Å². The molecule has 0 radical (unpaired) electrons. The van der Waals surface area contributed by atoms with E-state index in [1.165, 1.54) is 0 Å². The Labute approximate surface area is 178 Å². The smallest absolute Gasteiger partial charge is 0.251 e. The molecule has 0 aliphatic rings. The summed E-state index contributed by atoms with van der Waals surface area (Å²) in [5, 5.41) is 11.9. The molecule has 0 aliphatic carbocycles. The Morgan fingerprint density at radius 1 is 0.833 bits per heavy atom. The molecule has 0 bridgehead atoms. The number of nitrogens with one attached hydrogen (secondary N) is 4. The molecule has 0 aliphatic heterocycles. The lowest BCUT2D eigenvalue weighted by Crippen LogP contribution is -2.38. The number of aliphatic imine (C=N–C) groups is 1. The summed E-state index contributed by atoms with van der Waals surface area (Å²) in [5.74, 6) is 0.582. The fraction of sp³-hybridized carbons (Fsp3) is 0.348. The van der Waals surface area contributed by atoms with Gasteiger partial charge in [-0.25, -0.2) is 0 Å². The van der Waals surface area contributed by atoms with Crippen molar-refractivity contribution in [3.8, 4) is 0 Å². The average molecular weight is 410 g/mol. The van der Waals surface area contributed by atoms with E-state index in [1.54, 1.807) is 26.2 Å². The van der Waals surface area contributed by atoms with E-state index >= 15 is 0 Å². The molecule has 0 fully saturated rings. The van der Waals surface area contributed by atoms with Crippen LogP contribution in [0, 0.1) is 0 Å². The minimum atomic E-state index is -0.0872. The van der Waals surface area contributed by atoms with Gasteiger partial charge in [-0.1, -0.05) is 24.3 Å². The van der Waals surface area contributed by atoms with Gasteiger partial charge in [0.1, 0.15) is 0 Å². The van der Waals surface area contributed by atoms with E-state index in [0.717, 1.165) is 36.5 Å². The molecule has 0 unspecified atom stereocenters. The van der Waals surface area contributed by atoms with Crippen molar-refractivity contribution in [2.45, 2.75) is 19.8 Å². The van der Waals surface area contributed by atoms with Crippen LogP contribution in [0.25, 0.3) is 0 Å². The van der Waals surface area contributed by atoms with Gasteiger partial charge in [0.2, 0.25) is 0 Å². The first kappa shape index (κ1) is 22.9. The van der Waals surface area contributed by atoms with E-state index in [4.69, 9.17) is 0 Å². The molecule has 2 rings (SSSR count). The molecular formula is C23H31N5O2. The predicted octanol–water partition coefficient (Wildman–Crippen LogP) is 1.75. The Hall–Kier alpha value is -3.35. The summed E-state index contributed by atoms with van der Waals surface area (Å²) in [5.41, 5.74) is 3.48. The van der Waals surface area contributed by atoms with Crippen LogP contribution in [0.1, 0.15) is 38.8 Å². The summed E-state index contributed by atoms with van der Waals surface area (Å²) in [7, 11) is 3.26. The molecule has 0 spiro atoms. The van der Waals surface area contributed by atoms with Gasteiger partial charge in [0, 0.05) is 44.9 Å². The molecule has 2 amide bonds.